The Balaban J connectivity index is 1.46. The third kappa shape index (κ3) is 6.96. The first-order valence-electron chi connectivity index (χ1n) is 10.4. The van der Waals surface area contributed by atoms with Crippen LogP contribution in [0.25, 0.3) is 0 Å². The van der Waals surface area contributed by atoms with Gasteiger partial charge in [0.15, 0.2) is 5.16 Å². The second-order valence-corrected chi connectivity index (χ2v) is 9.46. The summed E-state index contributed by atoms with van der Waals surface area (Å²) in [6.07, 6.45) is 0.492. The minimum Gasteiger partial charge on any atom is -0.352 e. The highest BCUT2D eigenvalue weighted by molar-refractivity contribution is 7.99. The normalized spacial score (nSPS) is 11.0. The predicted molar refractivity (Wildman–Crippen MR) is 133 cm³/mol. The van der Waals surface area contributed by atoms with Gasteiger partial charge in [0, 0.05) is 31.3 Å². The van der Waals surface area contributed by atoms with Gasteiger partial charge < -0.3 is 15.2 Å². The van der Waals surface area contributed by atoms with Gasteiger partial charge in [0.1, 0.15) is 5.82 Å². The van der Waals surface area contributed by atoms with Gasteiger partial charge in [-0.3, -0.25) is 9.59 Å². The van der Waals surface area contributed by atoms with Gasteiger partial charge >= 0.3 is 0 Å². The molecule has 0 unspecified atom stereocenters. The molecule has 3 rings (SSSR count). The molecule has 0 fully saturated rings. The molecule has 0 aliphatic rings. The zero-order chi connectivity index (χ0) is 24.0. The molecular weight excluding hydrogens is 481 g/mol. The van der Waals surface area contributed by atoms with E-state index >= 15 is 0 Å². The molecule has 0 spiro atoms. The van der Waals surface area contributed by atoms with Crippen LogP contribution in [0.15, 0.2) is 47.6 Å². The van der Waals surface area contributed by atoms with Crippen molar-refractivity contribution in [3.8, 4) is 0 Å². The van der Waals surface area contributed by atoms with E-state index in [0.29, 0.717) is 45.5 Å². The molecular formula is C23H25Cl2N5O2S. The predicted octanol–water partition coefficient (Wildman–Crippen LogP) is 4.95. The van der Waals surface area contributed by atoms with Gasteiger partial charge in [-0.2, -0.15) is 0 Å². The van der Waals surface area contributed by atoms with Crippen molar-refractivity contribution in [2.24, 2.45) is 7.05 Å². The summed E-state index contributed by atoms with van der Waals surface area (Å²) >= 11 is 13.1. The number of carbonyl (C=O) groups is 2. The average molecular weight is 506 g/mol. The second-order valence-electron chi connectivity index (χ2n) is 7.71. The van der Waals surface area contributed by atoms with Gasteiger partial charge in [-0.05, 0) is 41.8 Å². The van der Waals surface area contributed by atoms with E-state index < -0.39 is 0 Å². The van der Waals surface area contributed by atoms with Crippen LogP contribution in [0.3, 0.4) is 0 Å². The largest absolute Gasteiger partial charge is 0.352 e. The molecule has 0 atom stereocenters. The molecule has 1 heterocycles. The third-order valence-electron chi connectivity index (χ3n) is 4.93. The SMILES string of the molecule is CC(C)c1ccc(NC(=O)CSc2nnc(CCNC(=O)c3ccc(Cl)c(Cl)c3)n2C)cc1. The number of nitrogens with zero attached hydrogens (tertiary/aromatic N) is 3. The maximum atomic E-state index is 12.3. The van der Waals surface area contributed by atoms with Crippen molar-refractivity contribution in [3.05, 3.63) is 69.5 Å². The Hall–Kier alpha value is -2.55. The van der Waals surface area contributed by atoms with Gasteiger partial charge in [0.05, 0.1) is 15.8 Å². The number of anilines is 1. The Morgan fingerprint density at radius 1 is 1.06 bits per heavy atom. The monoisotopic (exact) mass is 505 g/mol. The quantitative estimate of drug-likeness (QED) is 0.401. The topological polar surface area (TPSA) is 88.9 Å². The molecule has 0 aliphatic heterocycles. The lowest BCUT2D eigenvalue weighted by atomic mass is 10.0. The van der Waals surface area contributed by atoms with E-state index in [0.717, 1.165) is 5.69 Å². The van der Waals surface area contributed by atoms with Gasteiger partial charge in [0.2, 0.25) is 5.91 Å². The number of hydrogen-bond acceptors (Lipinski definition) is 5. The summed E-state index contributed by atoms with van der Waals surface area (Å²) in [6, 6.07) is 12.6. The molecule has 2 N–H and O–H groups in total. The van der Waals surface area contributed by atoms with Crippen LogP contribution in [0.2, 0.25) is 10.0 Å². The summed E-state index contributed by atoms with van der Waals surface area (Å²) in [7, 11) is 1.83. The van der Waals surface area contributed by atoms with E-state index in [2.05, 4.69) is 34.7 Å². The number of rotatable bonds is 9. The fourth-order valence-corrected chi connectivity index (χ4v) is 4.02. The van der Waals surface area contributed by atoms with Crippen LogP contribution in [-0.4, -0.2) is 38.9 Å². The molecule has 33 heavy (non-hydrogen) atoms. The summed E-state index contributed by atoms with van der Waals surface area (Å²) in [5.41, 5.74) is 2.42. The summed E-state index contributed by atoms with van der Waals surface area (Å²) in [5, 5.41) is 15.4. The number of amides is 2. The van der Waals surface area contributed by atoms with Crippen LogP contribution in [0.1, 0.15) is 41.5 Å². The lowest BCUT2D eigenvalue weighted by Crippen LogP contribution is -2.26. The number of halogens is 2. The lowest BCUT2D eigenvalue weighted by Gasteiger charge is -2.08. The Bertz CT molecular complexity index is 1130. The zero-order valence-electron chi connectivity index (χ0n) is 18.6. The van der Waals surface area contributed by atoms with Crippen molar-refractivity contribution in [1.82, 2.24) is 20.1 Å². The Kier molecular flexibility index (Phi) is 8.77. The van der Waals surface area contributed by atoms with Crippen molar-refractivity contribution < 1.29 is 9.59 Å². The maximum absolute atomic E-state index is 12.3. The van der Waals surface area contributed by atoms with E-state index in [4.69, 9.17) is 23.2 Å². The van der Waals surface area contributed by atoms with Crippen molar-refractivity contribution in [3.63, 3.8) is 0 Å². The highest BCUT2D eigenvalue weighted by Crippen LogP contribution is 2.22. The van der Waals surface area contributed by atoms with E-state index in [-0.39, 0.29) is 17.6 Å². The van der Waals surface area contributed by atoms with Crippen molar-refractivity contribution in [2.45, 2.75) is 31.3 Å². The molecule has 0 aliphatic carbocycles. The summed E-state index contributed by atoms with van der Waals surface area (Å²) in [6.45, 7) is 4.63. The number of thioether (sulfide) groups is 1. The average Bonchev–Trinajstić information content (AvgIpc) is 3.14. The summed E-state index contributed by atoms with van der Waals surface area (Å²) in [5.74, 6) is 1.00. The fourth-order valence-electron chi connectivity index (χ4n) is 2.99. The van der Waals surface area contributed by atoms with Crippen LogP contribution < -0.4 is 10.6 Å². The van der Waals surface area contributed by atoms with E-state index in [1.54, 1.807) is 12.1 Å². The molecule has 0 bridgehead atoms. The molecule has 1 aromatic heterocycles. The van der Waals surface area contributed by atoms with Crippen LogP contribution in [-0.2, 0) is 18.3 Å². The fraction of sp³-hybridized carbons (Fsp3) is 0.304. The Morgan fingerprint density at radius 3 is 2.45 bits per heavy atom. The standard InChI is InChI=1S/C23H25Cl2N5O2S/c1-14(2)15-4-7-17(8-5-15)27-21(31)13-33-23-29-28-20(30(23)3)10-11-26-22(32)16-6-9-18(24)19(25)12-16/h4-9,12,14H,10-11,13H2,1-3H3,(H,26,32)(H,27,31). The van der Waals surface area contributed by atoms with Gasteiger partial charge in [-0.1, -0.05) is 60.9 Å². The first kappa shape index (κ1) is 25.1. The number of aromatic nitrogens is 3. The second kappa shape index (κ2) is 11.5. The zero-order valence-corrected chi connectivity index (χ0v) is 20.9. The van der Waals surface area contributed by atoms with Gasteiger partial charge in [-0.25, -0.2) is 0 Å². The van der Waals surface area contributed by atoms with Crippen molar-refractivity contribution in [1.29, 1.82) is 0 Å². The molecule has 0 radical (unpaired) electrons. The lowest BCUT2D eigenvalue weighted by molar-refractivity contribution is -0.113. The minimum atomic E-state index is -0.247. The van der Waals surface area contributed by atoms with Crippen molar-refractivity contribution >= 4 is 52.5 Å². The van der Waals surface area contributed by atoms with E-state index in [1.807, 2.05) is 35.9 Å². The molecule has 2 amide bonds. The molecule has 0 saturated heterocycles. The van der Waals surface area contributed by atoms with Gasteiger partial charge in [0.25, 0.3) is 5.91 Å². The van der Waals surface area contributed by atoms with Crippen LogP contribution in [0, 0.1) is 0 Å². The molecule has 174 valence electrons. The first-order chi connectivity index (χ1) is 15.7. The highest BCUT2D eigenvalue weighted by Gasteiger charge is 2.13. The van der Waals surface area contributed by atoms with Crippen LogP contribution in [0.5, 0.6) is 0 Å². The Morgan fingerprint density at radius 2 is 1.79 bits per heavy atom. The van der Waals surface area contributed by atoms with E-state index in [9.17, 15) is 9.59 Å². The highest BCUT2D eigenvalue weighted by atomic mass is 35.5. The van der Waals surface area contributed by atoms with Crippen LogP contribution in [0.4, 0.5) is 5.69 Å². The van der Waals surface area contributed by atoms with Gasteiger partial charge in [-0.15, -0.1) is 10.2 Å². The minimum absolute atomic E-state index is 0.115. The smallest absolute Gasteiger partial charge is 0.251 e. The number of nitrogens with one attached hydrogen (secondary N) is 2. The summed E-state index contributed by atoms with van der Waals surface area (Å²) < 4.78 is 1.82. The third-order valence-corrected chi connectivity index (χ3v) is 6.69. The van der Waals surface area contributed by atoms with Crippen LogP contribution >= 0.6 is 35.0 Å². The number of hydrogen-bond donors (Lipinski definition) is 2. The van der Waals surface area contributed by atoms with E-state index in [1.165, 1.54) is 23.4 Å². The molecule has 3 aromatic rings. The van der Waals surface area contributed by atoms with Crippen molar-refractivity contribution in [2.75, 3.05) is 17.6 Å². The molecule has 0 saturated carbocycles. The molecule has 7 nitrogen and oxygen atoms in total. The number of benzene rings is 2. The molecule has 2 aromatic carbocycles. The first-order valence-corrected chi connectivity index (χ1v) is 12.1. The number of carbonyl (C=O) groups excluding carboxylic acids is 2. The Labute approximate surface area is 207 Å². The molecule has 10 heteroatoms. The summed E-state index contributed by atoms with van der Waals surface area (Å²) in [4.78, 5) is 24.6. The maximum Gasteiger partial charge on any atom is 0.251 e.